The number of nitrogens with one attached hydrogen (secondary N) is 1. The fourth-order valence-corrected chi connectivity index (χ4v) is 2.26. The van der Waals surface area contributed by atoms with E-state index in [4.69, 9.17) is 4.74 Å². The molecule has 0 atom stereocenters. The number of aromatic hydroxyl groups is 1. The number of amides is 1. The summed E-state index contributed by atoms with van der Waals surface area (Å²) in [5.74, 6) is -0.378. The molecule has 0 heterocycles. The second-order valence-electron chi connectivity index (χ2n) is 4.64. The Bertz CT molecular complexity index is 733. The molecule has 0 aliphatic rings. The Morgan fingerprint density at radius 3 is 2.74 bits per heavy atom. The largest absolute Gasteiger partial charge is 0.504 e. The van der Waals surface area contributed by atoms with Gasteiger partial charge in [-0.2, -0.15) is 5.10 Å². The van der Waals surface area contributed by atoms with Gasteiger partial charge in [-0.1, -0.05) is 12.1 Å². The summed E-state index contributed by atoms with van der Waals surface area (Å²) in [7, 11) is 1.44. The first kappa shape index (κ1) is 17.0. The van der Waals surface area contributed by atoms with Crippen LogP contribution < -0.4 is 10.2 Å². The van der Waals surface area contributed by atoms with Gasteiger partial charge in [-0.05, 0) is 45.8 Å². The van der Waals surface area contributed by atoms with Gasteiger partial charge in [0, 0.05) is 10.0 Å². The molecule has 0 fully saturated rings. The fraction of sp³-hybridized carbons (Fsp3) is 0.125. The molecule has 0 spiro atoms. The van der Waals surface area contributed by atoms with Crippen molar-refractivity contribution in [3.05, 3.63) is 57.8 Å². The van der Waals surface area contributed by atoms with Crippen LogP contribution in [0.3, 0.4) is 0 Å². The van der Waals surface area contributed by atoms with Crippen LogP contribution in [0.2, 0.25) is 0 Å². The van der Waals surface area contributed by atoms with Gasteiger partial charge in [-0.3, -0.25) is 4.79 Å². The van der Waals surface area contributed by atoms with Gasteiger partial charge >= 0.3 is 0 Å². The van der Waals surface area contributed by atoms with Crippen LogP contribution >= 0.6 is 15.9 Å². The summed E-state index contributed by atoms with van der Waals surface area (Å²) in [6, 6.07) is 8.73. The fourth-order valence-electron chi connectivity index (χ4n) is 1.82. The maximum absolute atomic E-state index is 12.8. The van der Waals surface area contributed by atoms with E-state index in [0.717, 1.165) is 0 Å². The molecule has 2 aromatic rings. The van der Waals surface area contributed by atoms with Crippen LogP contribution in [0.4, 0.5) is 4.39 Å². The normalized spacial score (nSPS) is 10.7. The molecule has 1 amide bonds. The van der Waals surface area contributed by atoms with Gasteiger partial charge in [0.15, 0.2) is 11.5 Å². The zero-order valence-corrected chi connectivity index (χ0v) is 13.8. The Morgan fingerprint density at radius 2 is 2.09 bits per heavy atom. The molecule has 0 saturated carbocycles. The lowest BCUT2D eigenvalue weighted by atomic mass is 10.1. The maximum Gasteiger partial charge on any atom is 0.244 e. The number of methoxy groups -OCH3 is 1. The number of phenols is 1. The average molecular weight is 381 g/mol. The number of benzene rings is 2. The molecule has 120 valence electrons. The van der Waals surface area contributed by atoms with Crippen LogP contribution in [-0.2, 0) is 11.2 Å². The van der Waals surface area contributed by atoms with E-state index in [1.54, 1.807) is 18.2 Å². The van der Waals surface area contributed by atoms with Crippen molar-refractivity contribution in [2.24, 2.45) is 5.10 Å². The van der Waals surface area contributed by atoms with Crippen molar-refractivity contribution in [3.8, 4) is 11.5 Å². The average Bonchev–Trinajstić information content (AvgIpc) is 2.51. The zero-order chi connectivity index (χ0) is 16.8. The zero-order valence-electron chi connectivity index (χ0n) is 12.2. The Kier molecular flexibility index (Phi) is 5.70. The number of halogens is 2. The first-order valence-corrected chi connectivity index (χ1v) is 7.41. The summed E-state index contributed by atoms with van der Waals surface area (Å²) in [6.45, 7) is 0. The molecule has 2 aromatic carbocycles. The van der Waals surface area contributed by atoms with Gasteiger partial charge in [0.25, 0.3) is 0 Å². The van der Waals surface area contributed by atoms with Crippen molar-refractivity contribution in [1.82, 2.24) is 5.43 Å². The monoisotopic (exact) mass is 380 g/mol. The standard InChI is InChI=1S/C16H14BrFN2O3/c1-23-15-7-11(13(17)8-14(15)21)9-19-20-16(22)6-10-2-4-12(18)5-3-10/h2-5,7-9,21H,6H2,1H3,(H,20,22)/b19-9+. The van der Waals surface area contributed by atoms with Crippen molar-refractivity contribution in [2.45, 2.75) is 6.42 Å². The second kappa shape index (κ2) is 7.73. The lowest BCUT2D eigenvalue weighted by Gasteiger charge is -2.06. The summed E-state index contributed by atoms with van der Waals surface area (Å²) < 4.78 is 18.4. The van der Waals surface area contributed by atoms with Crippen molar-refractivity contribution in [3.63, 3.8) is 0 Å². The number of hydrogen-bond donors (Lipinski definition) is 2. The Morgan fingerprint density at radius 1 is 1.39 bits per heavy atom. The van der Waals surface area contributed by atoms with Gasteiger partial charge in [-0.25, -0.2) is 9.82 Å². The molecule has 0 bridgehead atoms. The van der Waals surface area contributed by atoms with Gasteiger partial charge < -0.3 is 9.84 Å². The van der Waals surface area contributed by atoms with Crippen molar-refractivity contribution in [2.75, 3.05) is 7.11 Å². The van der Waals surface area contributed by atoms with E-state index in [2.05, 4.69) is 26.5 Å². The van der Waals surface area contributed by atoms with E-state index in [1.165, 1.54) is 31.5 Å². The SMILES string of the molecule is COc1cc(/C=N/NC(=O)Cc2ccc(F)cc2)c(Br)cc1O. The van der Waals surface area contributed by atoms with Crippen molar-refractivity contribution >= 4 is 28.1 Å². The molecule has 2 N–H and O–H groups in total. The van der Waals surface area contributed by atoms with E-state index < -0.39 is 0 Å². The van der Waals surface area contributed by atoms with Crippen LogP contribution in [0.5, 0.6) is 11.5 Å². The van der Waals surface area contributed by atoms with Gasteiger partial charge in [0.05, 0.1) is 19.7 Å². The van der Waals surface area contributed by atoms with E-state index in [1.807, 2.05) is 0 Å². The van der Waals surface area contributed by atoms with E-state index in [-0.39, 0.29) is 23.9 Å². The maximum atomic E-state index is 12.8. The predicted molar refractivity (Wildman–Crippen MR) is 88.2 cm³/mol. The summed E-state index contributed by atoms with van der Waals surface area (Å²) in [5.41, 5.74) is 3.70. The highest BCUT2D eigenvalue weighted by Crippen LogP contribution is 2.31. The molecular weight excluding hydrogens is 367 g/mol. The van der Waals surface area contributed by atoms with Gasteiger partial charge in [0.2, 0.25) is 5.91 Å². The topological polar surface area (TPSA) is 70.9 Å². The van der Waals surface area contributed by atoms with Crippen LogP contribution in [0.25, 0.3) is 0 Å². The predicted octanol–water partition coefficient (Wildman–Crippen LogP) is 3.00. The number of carbonyl (C=O) groups is 1. The summed E-state index contributed by atoms with van der Waals surface area (Å²) in [5, 5.41) is 13.5. The smallest absolute Gasteiger partial charge is 0.244 e. The first-order valence-electron chi connectivity index (χ1n) is 6.62. The molecule has 0 saturated heterocycles. The Labute approximate surface area is 140 Å². The molecule has 7 heteroatoms. The lowest BCUT2D eigenvalue weighted by molar-refractivity contribution is -0.120. The number of phenolic OH excluding ortho intramolecular Hbond substituents is 1. The van der Waals surface area contributed by atoms with E-state index in [9.17, 15) is 14.3 Å². The number of nitrogens with zero attached hydrogens (tertiary/aromatic N) is 1. The highest BCUT2D eigenvalue weighted by atomic mass is 79.9. The highest BCUT2D eigenvalue weighted by molar-refractivity contribution is 9.10. The minimum Gasteiger partial charge on any atom is -0.504 e. The van der Waals surface area contributed by atoms with Gasteiger partial charge in [-0.15, -0.1) is 0 Å². The number of hydrazone groups is 1. The molecule has 5 nitrogen and oxygen atoms in total. The van der Waals surface area contributed by atoms with Crippen LogP contribution in [0.1, 0.15) is 11.1 Å². The number of hydrogen-bond acceptors (Lipinski definition) is 4. The third kappa shape index (κ3) is 4.79. The number of rotatable bonds is 5. The summed E-state index contributed by atoms with van der Waals surface area (Å²) >= 11 is 3.28. The molecule has 2 rings (SSSR count). The van der Waals surface area contributed by atoms with E-state index >= 15 is 0 Å². The number of carbonyl (C=O) groups excluding carboxylic acids is 1. The van der Waals surface area contributed by atoms with Crippen LogP contribution in [0, 0.1) is 5.82 Å². The molecule has 0 aliphatic heterocycles. The molecule has 0 aromatic heterocycles. The lowest BCUT2D eigenvalue weighted by Crippen LogP contribution is -2.19. The van der Waals surface area contributed by atoms with Crippen molar-refractivity contribution < 1.29 is 19.0 Å². The second-order valence-corrected chi connectivity index (χ2v) is 5.50. The molecule has 23 heavy (non-hydrogen) atoms. The quantitative estimate of drug-likeness (QED) is 0.618. The molecular formula is C16H14BrFN2O3. The molecule has 0 aliphatic carbocycles. The minimum atomic E-state index is -0.349. The molecule has 0 radical (unpaired) electrons. The third-order valence-corrected chi connectivity index (χ3v) is 3.66. The Balaban J connectivity index is 1.98. The van der Waals surface area contributed by atoms with Crippen LogP contribution in [-0.4, -0.2) is 24.3 Å². The van der Waals surface area contributed by atoms with Gasteiger partial charge in [0.1, 0.15) is 5.82 Å². The summed E-state index contributed by atoms with van der Waals surface area (Å²) in [4.78, 5) is 11.8. The summed E-state index contributed by atoms with van der Waals surface area (Å²) in [6.07, 6.45) is 1.52. The minimum absolute atomic E-state index is 0.00290. The van der Waals surface area contributed by atoms with Crippen LogP contribution in [0.15, 0.2) is 46.0 Å². The molecule has 0 unspecified atom stereocenters. The van der Waals surface area contributed by atoms with E-state index in [0.29, 0.717) is 21.3 Å². The third-order valence-electron chi connectivity index (χ3n) is 2.97. The number of ether oxygens (including phenoxy) is 1. The Hall–Kier alpha value is -2.41. The highest BCUT2D eigenvalue weighted by Gasteiger charge is 2.07. The first-order chi connectivity index (χ1) is 11.0. The van der Waals surface area contributed by atoms with Crippen molar-refractivity contribution in [1.29, 1.82) is 0 Å².